The molecule has 0 bridgehead atoms. The normalized spacial score (nSPS) is 22.9. The zero-order chi connectivity index (χ0) is 57.7. The number of amides is 7. The van der Waals surface area contributed by atoms with Gasteiger partial charge in [0.2, 0.25) is 41.4 Å². The molecule has 0 spiro atoms. The third kappa shape index (κ3) is 23.7. The Hall–Kier alpha value is -6.33. The van der Waals surface area contributed by atoms with Gasteiger partial charge >= 0.3 is 0 Å². The van der Waals surface area contributed by atoms with E-state index in [2.05, 4.69) is 44.1 Å². The number of hydrogen-bond donors (Lipinski definition) is 13. The molecule has 0 aromatic heterocycles. The van der Waals surface area contributed by atoms with Crippen molar-refractivity contribution >= 4 is 58.6 Å². The van der Waals surface area contributed by atoms with Gasteiger partial charge in [0, 0.05) is 43.3 Å². The molecule has 78 heavy (non-hydrogen) atoms. The molecule has 0 radical (unpaired) electrons. The lowest BCUT2D eigenvalue weighted by Gasteiger charge is -2.28. The number of Topliss-reactive ketones (excluding diaryl/α,β-unsaturated/α-hetero) is 2. The summed E-state index contributed by atoms with van der Waals surface area (Å²) in [5.41, 5.74) is 25.4. The number of carbonyl (C=O) groups is 9. The first-order chi connectivity index (χ1) is 37.2. The molecule has 1 heterocycles. The molecule has 22 heteroatoms. The third-order valence-corrected chi connectivity index (χ3v) is 13.7. The van der Waals surface area contributed by atoms with Gasteiger partial charge in [0.15, 0.2) is 11.6 Å². The molecule has 434 valence electrons. The van der Waals surface area contributed by atoms with Crippen molar-refractivity contribution < 1.29 is 53.4 Å². The fourth-order valence-corrected chi connectivity index (χ4v) is 9.27. The number of anilines is 1. The van der Waals surface area contributed by atoms with E-state index < -0.39 is 126 Å². The molecule has 7 amide bonds. The minimum Gasteiger partial charge on any atom is -0.399 e. The van der Waals surface area contributed by atoms with Crippen molar-refractivity contribution in [3.05, 3.63) is 65.7 Å². The van der Waals surface area contributed by atoms with E-state index in [4.69, 9.17) is 22.9 Å². The monoisotopic (exact) mass is 1090 g/mol. The second-order valence-corrected chi connectivity index (χ2v) is 21.0. The lowest BCUT2D eigenvalue weighted by atomic mass is 9.89. The second kappa shape index (κ2) is 35.2. The summed E-state index contributed by atoms with van der Waals surface area (Å²) in [6, 6.07) is 7.33. The van der Waals surface area contributed by atoms with Crippen molar-refractivity contribution in [1.29, 1.82) is 0 Å². The molecular formula is C56H89N11O11. The van der Waals surface area contributed by atoms with Gasteiger partial charge in [-0.3, -0.25) is 43.2 Å². The Morgan fingerprint density at radius 3 is 1.85 bits per heavy atom. The molecule has 2 aromatic rings. The quantitative estimate of drug-likeness (QED) is 0.0467. The maximum Gasteiger partial charge on any atom is 0.245 e. The SMILES string of the molecule is CCCCCCC[C@@H](O)CC(=O)N[C@H](CCN)C(=O)C[C@H]1CCNC(=O)[C@H]([C@@H](C)O)NC(=O)[C@H](Cc2ccc(N)cc2)NC(=O)[C@H](CCN)NC(=O)[C@H](CC(C)C)NC(=O)[C@@H](Cc2ccccc2)CC(=O)[C@H](CCN)NC1=O. The van der Waals surface area contributed by atoms with Crippen LogP contribution in [0, 0.1) is 17.8 Å². The van der Waals surface area contributed by atoms with Crippen LogP contribution in [-0.4, -0.2) is 138 Å². The van der Waals surface area contributed by atoms with Gasteiger partial charge in [-0.15, -0.1) is 0 Å². The Morgan fingerprint density at radius 2 is 1.22 bits per heavy atom. The molecular weight excluding hydrogens is 1000 g/mol. The largest absolute Gasteiger partial charge is 0.399 e. The number of carbonyl (C=O) groups excluding carboxylic acids is 9. The van der Waals surface area contributed by atoms with Crippen molar-refractivity contribution in [2.45, 2.75) is 179 Å². The summed E-state index contributed by atoms with van der Waals surface area (Å²) in [7, 11) is 0. The highest BCUT2D eigenvalue weighted by Crippen LogP contribution is 2.20. The summed E-state index contributed by atoms with van der Waals surface area (Å²) >= 11 is 0. The van der Waals surface area contributed by atoms with Gasteiger partial charge in [-0.1, -0.05) is 95.3 Å². The lowest BCUT2D eigenvalue weighted by Crippen LogP contribution is -2.60. The molecule has 0 unspecified atom stereocenters. The molecule has 2 aromatic carbocycles. The average Bonchev–Trinajstić information content (AvgIpc) is 3.39. The van der Waals surface area contributed by atoms with Crippen LogP contribution in [-0.2, 0) is 56.0 Å². The van der Waals surface area contributed by atoms with Crippen LogP contribution in [0.3, 0.4) is 0 Å². The van der Waals surface area contributed by atoms with Crippen molar-refractivity contribution in [2.75, 3.05) is 31.9 Å². The van der Waals surface area contributed by atoms with E-state index in [0.29, 0.717) is 23.2 Å². The molecule has 1 aliphatic heterocycles. The number of aliphatic hydroxyl groups is 2. The lowest BCUT2D eigenvalue weighted by molar-refractivity contribution is -0.136. The number of nitrogen functional groups attached to an aromatic ring is 1. The Labute approximate surface area is 459 Å². The minimum absolute atomic E-state index is 0.00911. The molecule has 22 nitrogen and oxygen atoms in total. The van der Waals surface area contributed by atoms with Gasteiger partial charge in [-0.25, -0.2) is 0 Å². The van der Waals surface area contributed by atoms with Crippen LogP contribution in [0.4, 0.5) is 5.69 Å². The predicted molar refractivity (Wildman–Crippen MR) is 296 cm³/mol. The highest BCUT2D eigenvalue weighted by Gasteiger charge is 2.36. The smallest absolute Gasteiger partial charge is 0.245 e. The summed E-state index contributed by atoms with van der Waals surface area (Å²) in [6.45, 7) is 6.53. The predicted octanol–water partition coefficient (Wildman–Crippen LogP) is 0.218. The molecule has 0 saturated carbocycles. The molecule has 3 rings (SSSR count). The van der Waals surface area contributed by atoms with E-state index in [-0.39, 0.29) is 83.5 Å². The molecule has 17 N–H and O–H groups in total. The van der Waals surface area contributed by atoms with Crippen LogP contribution >= 0.6 is 0 Å². The van der Waals surface area contributed by atoms with Gasteiger partial charge in [0.1, 0.15) is 24.2 Å². The number of aliphatic hydroxyl groups excluding tert-OH is 2. The topological polar surface area (TPSA) is 382 Å². The summed E-state index contributed by atoms with van der Waals surface area (Å²) in [5.74, 6) is -9.07. The highest BCUT2D eigenvalue weighted by molar-refractivity contribution is 5.98. The Morgan fingerprint density at radius 1 is 0.641 bits per heavy atom. The zero-order valence-corrected chi connectivity index (χ0v) is 46.1. The van der Waals surface area contributed by atoms with E-state index in [0.717, 1.165) is 32.1 Å². The van der Waals surface area contributed by atoms with Gasteiger partial charge < -0.3 is 70.4 Å². The summed E-state index contributed by atoms with van der Waals surface area (Å²) in [4.78, 5) is 128. The summed E-state index contributed by atoms with van der Waals surface area (Å²) < 4.78 is 0. The Kier molecular flexibility index (Phi) is 29.8. The first-order valence-corrected chi connectivity index (χ1v) is 27.7. The van der Waals surface area contributed by atoms with Gasteiger partial charge in [0.25, 0.3) is 0 Å². The number of nitrogens with two attached hydrogens (primary N) is 4. The first-order valence-electron chi connectivity index (χ1n) is 27.7. The van der Waals surface area contributed by atoms with Crippen LogP contribution in [0.2, 0.25) is 0 Å². The maximum atomic E-state index is 14.5. The first kappa shape index (κ1) is 66.0. The number of nitrogens with one attached hydrogen (secondary N) is 7. The van der Waals surface area contributed by atoms with Crippen LogP contribution in [0.15, 0.2) is 54.6 Å². The Bertz CT molecular complexity index is 2230. The van der Waals surface area contributed by atoms with Crippen molar-refractivity contribution in [3.8, 4) is 0 Å². The number of hydrogen-bond acceptors (Lipinski definition) is 15. The molecule has 10 atom stereocenters. The van der Waals surface area contributed by atoms with Gasteiger partial charge in [0.05, 0.1) is 30.7 Å². The maximum absolute atomic E-state index is 14.5. The van der Waals surface area contributed by atoms with Crippen LogP contribution in [0.5, 0.6) is 0 Å². The average molecular weight is 1090 g/mol. The molecule has 1 aliphatic rings. The van der Waals surface area contributed by atoms with Crippen molar-refractivity contribution in [3.63, 3.8) is 0 Å². The van der Waals surface area contributed by atoms with E-state index in [1.165, 1.54) is 6.92 Å². The number of benzene rings is 2. The number of rotatable bonds is 25. The second-order valence-electron chi connectivity index (χ2n) is 21.0. The van der Waals surface area contributed by atoms with Crippen LogP contribution < -0.4 is 60.2 Å². The van der Waals surface area contributed by atoms with Crippen LogP contribution in [0.25, 0.3) is 0 Å². The standard InChI is InChI=1S/C56H89N11O11/c1-5-6-7-8-12-15-41(69)33-49(72)62-42(20-24-57)47(70)31-38-23-27-61-56(78)50(35(4)68)67-55(77)46(30-37-16-18-40(60)19-17-37)66-53(75)44(22-26-59)64-54(76)45(28-34(2)3)65-52(74)39(29-36-13-10-9-11-14-36)32-48(71)43(21-25-58)63-51(38)73/h9-11,13-14,16-19,34-35,38-39,41-46,50,68-69H,5-8,12,15,20-33,57-60H2,1-4H3,(H,61,78)(H,62,72)(H,63,73)(H,64,76)(H,65,74)(H,66,75)(H,67,77)/t35-,38-,39+,41-,42-,43+,44+,45+,46+,50+/m1/s1. The van der Waals surface area contributed by atoms with Gasteiger partial charge in [-0.05, 0) is 101 Å². The third-order valence-electron chi connectivity index (χ3n) is 13.7. The van der Waals surface area contributed by atoms with Gasteiger partial charge in [-0.2, -0.15) is 0 Å². The number of ketones is 2. The molecule has 0 aliphatic carbocycles. The fourth-order valence-electron chi connectivity index (χ4n) is 9.27. The van der Waals surface area contributed by atoms with E-state index in [9.17, 15) is 53.4 Å². The van der Waals surface area contributed by atoms with Crippen molar-refractivity contribution in [1.82, 2.24) is 37.2 Å². The molecule has 1 fully saturated rings. The number of unbranched alkanes of at least 4 members (excludes halogenated alkanes) is 4. The fraction of sp³-hybridized carbons (Fsp3) is 0.625. The molecule has 1 saturated heterocycles. The highest BCUT2D eigenvalue weighted by atomic mass is 16.3. The van der Waals surface area contributed by atoms with E-state index >= 15 is 0 Å². The zero-order valence-electron chi connectivity index (χ0n) is 46.1. The van der Waals surface area contributed by atoms with Crippen molar-refractivity contribution in [2.24, 2.45) is 35.0 Å². The summed E-state index contributed by atoms with van der Waals surface area (Å²) in [6.07, 6.45) is 1.10. The van der Waals surface area contributed by atoms with E-state index in [1.807, 2.05) is 13.8 Å². The Balaban J connectivity index is 2.12. The van der Waals surface area contributed by atoms with E-state index in [1.54, 1.807) is 54.6 Å². The minimum atomic E-state index is -1.62. The van der Waals surface area contributed by atoms with Crippen LogP contribution in [0.1, 0.15) is 129 Å². The summed E-state index contributed by atoms with van der Waals surface area (Å²) in [5, 5.41) is 40.3.